The summed E-state index contributed by atoms with van der Waals surface area (Å²) in [7, 11) is 0. The van der Waals surface area contributed by atoms with E-state index < -0.39 is 0 Å². The number of fused-ring (bicyclic) bond motifs is 1. The van der Waals surface area contributed by atoms with Crippen molar-refractivity contribution in [1.29, 1.82) is 0 Å². The summed E-state index contributed by atoms with van der Waals surface area (Å²) >= 11 is 8.00. The van der Waals surface area contributed by atoms with Gasteiger partial charge in [-0.25, -0.2) is 0 Å². The molecule has 1 aliphatic rings. The van der Waals surface area contributed by atoms with Crippen LogP contribution >= 0.6 is 22.9 Å². The molecule has 0 atom stereocenters. The Labute approximate surface area is 168 Å². The van der Waals surface area contributed by atoms with Crippen LogP contribution in [0.2, 0.25) is 5.02 Å². The van der Waals surface area contributed by atoms with Gasteiger partial charge in [0, 0.05) is 53.8 Å². The minimum absolute atomic E-state index is 0.0152. The molecular formula is C20H24ClN3O2S. The van der Waals surface area contributed by atoms with E-state index in [9.17, 15) is 9.59 Å². The molecule has 7 heteroatoms. The Kier molecular flexibility index (Phi) is 6.88. The van der Waals surface area contributed by atoms with Gasteiger partial charge in [0.2, 0.25) is 11.8 Å². The fraction of sp³-hybridized carbons (Fsp3) is 0.400. The molecule has 0 spiro atoms. The highest BCUT2D eigenvalue weighted by atomic mass is 35.5. The number of amides is 2. The largest absolute Gasteiger partial charge is 0.355 e. The van der Waals surface area contributed by atoms with Gasteiger partial charge in [0.05, 0.1) is 11.6 Å². The van der Waals surface area contributed by atoms with Gasteiger partial charge in [0.1, 0.15) is 0 Å². The second kappa shape index (κ2) is 9.35. The molecule has 144 valence electrons. The van der Waals surface area contributed by atoms with E-state index in [1.807, 2.05) is 36.1 Å². The molecule has 1 aromatic heterocycles. The van der Waals surface area contributed by atoms with Gasteiger partial charge < -0.3 is 10.2 Å². The minimum atomic E-state index is -0.0152. The second-order valence-electron chi connectivity index (χ2n) is 6.56. The third-order valence-electron chi connectivity index (χ3n) is 4.56. The molecule has 3 rings (SSSR count). The Hall–Kier alpha value is -1.89. The lowest BCUT2D eigenvalue weighted by atomic mass is 10.2. The first-order valence-electron chi connectivity index (χ1n) is 9.21. The Morgan fingerprint density at radius 1 is 1.22 bits per heavy atom. The molecule has 2 heterocycles. The fourth-order valence-electron chi connectivity index (χ4n) is 3.04. The lowest BCUT2D eigenvalue weighted by molar-refractivity contribution is -0.128. The monoisotopic (exact) mass is 405 g/mol. The molecular weight excluding hydrogens is 382 g/mol. The highest BCUT2D eigenvalue weighted by molar-refractivity contribution is 7.20. The molecule has 1 N–H and O–H groups in total. The summed E-state index contributed by atoms with van der Waals surface area (Å²) < 4.78 is 1.12. The summed E-state index contributed by atoms with van der Waals surface area (Å²) in [6, 6.07) is 7.96. The quantitative estimate of drug-likeness (QED) is 0.750. The van der Waals surface area contributed by atoms with Crippen LogP contribution in [0.4, 0.5) is 0 Å². The van der Waals surface area contributed by atoms with Crippen molar-refractivity contribution in [3.05, 3.63) is 40.2 Å². The van der Waals surface area contributed by atoms with Crippen molar-refractivity contribution in [3.8, 4) is 0 Å². The second-order valence-corrected chi connectivity index (χ2v) is 8.02. The summed E-state index contributed by atoms with van der Waals surface area (Å²) in [6.45, 7) is 5.82. The molecule has 1 saturated heterocycles. The van der Waals surface area contributed by atoms with Crippen molar-refractivity contribution in [2.75, 3.05) is 39.3 Å². The molecule has 0 bridgehead atoms. The Morgan fingerprint density at radius 3 is 2.67 bits per heavy atom. The number of hydrogen-bond donors (Lipinski definition) is 1. The standard InChI is InChI=1S/C20H24ClN3O2S/c1-2-9-22-18(25)14-23-10-12-24(13-11-23)19(26)8-7-17-20(21)15-5-3-4-6-16(15)27-17/h3-8H,2,9-14H2,1H3,(H,22,25)/b8-7+. The lowest BCUT2D eigenvalue weighted by Crippen LogP contribution is -2.50. The molecule has 1 aliphatic heterocycles. The van der Waals surface area contributed by atoms with E-state index in [1.165, 1.54) is 0 Å². The van der Waals surface area contributed by atoms with Crippen LogP contribution in [0.5, 0.6) is 0 Å². The van der Waals surface area contributed by atoms with Crippen LogP contribution in [-0.4, -0.2) is 60.9 Å². The third-order valence-corrected chi connectivity index (χ3v) is 6.22. The number of carbonyl (C=O) groups is 2. The van der Waals surface area contributed by atoms with Crippen molar-refractivity contribution < 1.29 is 9.59 Å². The first-order valence-corrected chi connectivity index (χ1v) is 10.4. The fourth-order valence-corrected chi connectivity index (χ4v) is 4.44. The van der Waals surface area contributed by atoms with Crippen LogP contribution < -0.4 is 5.32 Å². The van der Waals surface area contributed by atoms with E-state index in [1.54, 1.807) is 23.5 Å². The average molecular weight is 406 g/mol. The summed E-state index contributed by atoms with van der Waals surface area (Å²) in [6.07, 6.45) is 4.34. The molecule has 0 radical (unpaired) electrons. The normalized spacial score (nSPS) is 15.6. The first-order chi connectivity index (χ1) is 13.1. The van der Waals surface area contributed by atoms with E-state index in [0.29, 0.717) is 44.3 Å². The molecule has 5 nitrogen and oxygen atoms in total. The number of nitrogens with zero attached hydrogens (tertiary/aromatic N) is 2. The molecule has 0 unspecified atom stereocenters. The molecule has 2 aromatic rings. The number of carbonyl (C=O) groups excluding carboxylic acids is 2. The maximum absolute atomic E-state index is 12.5. The van der Waals surface area contributed by atoms with E-state index in [0.717, 1.165) is 21.4 Å². The van der Waals surface area contributed by atoms with Crippen molar-refractivity contribution >= 4 is 50.9 Å². The van der Waals surface area contributed by atoms with Gasteiger partial charge >= 0.3 is 0 Å². The number of benzene rings is 1. The topological polar surface area (TPSA) is 52.7 Å². The maximum Gasteiger partial charge on any atom is 0.246 e. The number of thiophene rings is 1. The summed E-state index contributed by atoms with van der Waals surface area (Å²) in [5, 5.41) is 4.60. The number of rotatable bonds is 6. The number of nitrogens with one attached hydrogen (secondary N) is 1. The van der Waals surface area contributed by atoms with Crippen LogP contribution in [0.3, 0.4) is 0 Å². The van der Waals surface area contributed by atoms with Gasteiger partial charge in [-0.3, -0.25) is 14.5 Å². The van der Waals surface area contributed by atoms with Crippen LogP contribution in [0.25, 0.3) is 16.2 Å². The first kappa shape index (κ1) is 19.9. The Balaban J connectivity index is 1.52. The summed E-state index contributed by atoms with van der Waals surface area (Å²) in [5.74, 6) is 0.0366. The lowest BCUT2D eigenvalue weighted by Gasteiger charge is -2.33. The van der Waals surface area contributed by atoms with Crippen LogP contribution in [0, 0.1) is 0 Å². The predicted octanol–water partition coefficient (Wildman–Crippen LogP) is 3.24. The van der Waals surface area contributed by atoms with Gasteiger partial charge in [-0.2, -0.15) is 0 Å². The maximum atomic E-state index is 12.5. The average Bonchev–Trinajstić information content (AvgIpc) is 3.01. The van der Waals surface area contributed by atoms with Gasteiger partial charge in [0.15, 0.2) is 0 Å². The SMILES string of the molecule is CCCNC(=O)CN1CCN(C(=O)/C=C/c2sc3ccccc3c2Cl)CC1. The van der Waals surface area contributed by atoms with Crippen LogP contribution in [0.1, 0.15) is 18.2 Å². The molecule has 0 aliphatic carbocycles. The predicted molar refractivity (Wildman–Crippen MR) is 112 cm³/mol. The zero-order valence-corrected chi connectivity index (χ0v) is 17.0. The van der Waals surface area contributed by atoms with Crippen LogP contribution in [-0.2, 0) is 9.59 Å². The number of hydrogen-bond acceptors (Lipinski definition) is 4. The zero-order chi connectivity index (χ0) is 19.2. The van der Waals surface area contributed by atoms with Crippen molar-refractivity contribution in [1.82, 2.24) is 15.1 Å². The highest BCUT2D eigenvalue weighted by Gasteiger charge is 2.21. The van der Waals surface area contributed by atoms with E-state index in [2.05, 4.69) is 10.2 Å². The molecule has 1 fully saturated rings. The van der Waals surface area contributed by atoms with Gasteiger partial charge in [-0.05, 0) is 18.6 Å². The van der Waals surface area contributed by atoms with Gasteiger partial charge in [-0.1, -0.05) is 36.7 Å². The van der Waals surface area contributed by atoms with Crippen LogP contribution in [0.15, 0.2) is 30.3 Å². The zero-order valence-electron chi connectivity index (χ0n) is 15.4. The molecule has 2 amide bonds. The highest BCUT2D eigenvalue weighted by Crippen LogP contribution is 2.35. The van der Waals surface area contributed by atoms with E-state index in [4.69, 9.17) is 11.6 Å². The number of halogens is 1. The smallest absolute Gasteiger partial charge is 0.246 e. The minimum Gasteiger partial charge on any atom is -0.355 e. The Morgan fingerprint density at radius 2 is 1.96 bits per heavy atom. The summed E-state index contributed by atoms with van der Waals surface area (Å²) in [5.41, 5.74) is 0. The molecule has 0 saturated carbocycles. The summed E-state index contributed by atoms with van der Waals surface area (Å²) in [4.78, 5) is 29.1. The molecule has 27 heavy (non-hydrogen) atoms. The number of piperazine rings is 1. The van der Waals surface area contributed by atoms with E-state index in [-0.39, 0.29) is 11.8 Å². The van der Waals surface area contributed by atoms with Crippen molar-refractivity contribution in [2.24, 2.45) is 0 Å². The van der Waals surface area contributed by atoms with Gasteiger partial charge in [-0.15, -0.1) is 11.3 Å². The Bertz CT molecular complexity index is 841. The van der Waals surface area contributed by atoms with Crippen molar-refractivity contribution in [3.63, 3.8) is 0 Å². The molecule has 1 aromatic carbocycles. The van der Waals surface area contributed by atoms with Crippen molar-refractivity contribution in [2.45, 2.75) is 13.3 Å². The third kappa shape index (κ3) is 5.09. The van der Waals surface area contributed by atoms with Gasteiger partial charge in [0.25, 0.3) is 0 Å². The van der Waals surface area contributed by atoms with E-state index >= 15 is 0 Å².